The molecule has 0 saturated carbocycles. The number of nitrogens with zero attached hydrogens (tertiary/aromatic N) is 1. The van der Waals surface area contributed by atoms with Gasteiger partial charge in [0.15, 0.2) is 5.78 Å². The first-order chi connectivity index (χ1) is 15.2. The summed E-state index contributed by atoms with van der Waals surface area (Å²) in [5.74, 6) is -1.80. The summed E-state index contributed by atoms with van der Waals surface area (Å²) in [4.78, 5) is 33.7. The molecule has 1 unspecified atom stereocenters. The normalized spacial score (nSPS) is 12.3. The number of carbonyl (C=O) groups is 3. The van der Waals surface area contributed by atoms with Crippen molar-refractivity contribution in [1.82, 2.24) is 4.90 Å². The molecule has 33 heavy (non-hydrogen) atoms. The summed E-state index contributed by atoms with van der Waals surface area (Å²) in [7, 11) is 0.984. The number of amides is 1. The van der Waals surface area contributed by atoms with Gasteiger partial charge in [-0.25, -0.2) is 4.39 Å². The van der Waals surface area contributed by atoms with Crippen LogP contribution in [0.4, 0.5) is 17.6 Å². The molecule has 0 aliphatic rings. The van der Waals surface area contributed by atoms with E-state index in [-0.39, 0.29) is 11.1 Å². The first kappa shape index (κ1) is 33.3. The number of aldehydes is 1. The van der Waals surface area contributed by atoms with Crippen LogP contribution in [0.15, 0.2) is 28.3 Å². The van der Waals surface area contributed by atoms with Crippen molar-refractivity contribution >= 4 is 41.3 Å². The molecule has 4 nitrogen and oxygen atoms in total. The molecule has 1 aromatic carbocycles. The van der Waals surface area contributed by atoms with Crippen LogP contribution in [0.5, 0.6) is 0 Å². The molecule has 1 atom stereocenters. The number of benzene rings is 1. The molecule has 0 N–H and O–H groups in total. The van der Waals surface area contributed by atoms with E-state index in [4.69, 9.17) is 11.6 Å². The van der Waals surface area contributed by atoms with Crippen molar-refractivity contribution in [3.8, 4) is 0 Å². The summed E-state index contributed by atoms with van der Waals surface area (Å²) in [6.45, 7) is 10.8. The van der Waals surface area contributed by atoms with Gasteiger partial charge in [-0.05, 0) is 44.9 Å². The van der Waals surface area contributed by atoms with Crippen LogP contribution in [0.2, 0.25) is 5.02 Å². The molecule has 1 rings (SSSR count). The SMILES string of the molecule is CC.CC(=O)/C(C)=C(\N(C)C(C)=O)C(F)(F)F.CCCC(C=O)Sc1cc(C)c(F)cc1Cl. The van der Waals surface area contributed by atoms with E-state index in [1.807, 2.05) is 20.8 Å². The highest BCUT2D eigenvalue weighted by molar-refractivity contribution is 8.00. The Kier molecular flexibility index (Phi) is 16.0. The number of hydrogen-bond acceptors (Lipinski definition) is 4. The standard InChI is InChI=1S/C12H14ClFOS.C9H12F3NO2.C2H6/c1-3-4-9(7-15)16-12-5-8(2)11(14)6-10(12)13;1-5(6(2)14)8(9(10,11)12)13(4)7(3)15;1-2/h5-7,9H,3-4H2,1-2H3;1-4H3;1-2H3/b;8-5-;. The zero-order valence-corrected chi connectivity index (χ0v) is 21.8. The number of Topliss-reactive ketones (excluding diaryl/α,β-unsaturated/α-hetero) is 1. The third-order valence-electron chi connectivity index (χ3n) is 4.18. The fourth-order valence-corrected chi connectivity index (χ4v) is 3.74. The summed E-state index contributed by atoms with van der Waals surface area (Å²) in [6.07, 6.45) is -2.05. The predicted molar refractivity (Wildman–Crippen MR) is 126 cm³/mol. The van der Waals surface area contributed by atoms with Crippen molar-refractivity contribution in [1.29, 1.82) is 0 Å². The van der Waals surface area contributed by atoms with E-state index >= 15 is 0 Å². The summed E-state index contributed by atoms with van der Waals surface area (Å²) in [5, 5.41) is 0.267. The quantitative estimate of drug-likeness (QED) is 0.168. The molecule has 188 valence electrons. The summed E-state index contributed by atoms with van der Waals surface area (Å²) >= 11 is 7.32. The van der Waals surface area contributed by atoms with Crippen molar-refractivity contribution < 1.29 is 31.9 Å². The van der Waals surface area contributed by atoms with Gasteiger partial charge >= 0.3 is 6.18 Å². The van der Waals surface area contributed by atoms with Crippen LogP contribution in [-0.4, -0.2) is 41.4 Å². The van der Waals surface area contributed by atoms with Crippen LogP contribution in [0, 0.1) is 12.7 Å². The minimum atomic E-state index is -4.71. The number of carbonyl (C=O) groups excluding carboxylic acids is 3. The lowest BCUT2D eigenvalue weighted by atomic mass is 10.1. The van der Waals surface area contributed by atoms with E-state index in [0.717, 1.165) is 51.8 Å². The average Bonchev–Trinajstić information content (AvgIpc) is 2.72. The van der Waals surface area contributed by atoms with Crippen LogP contribution in [0.3, 0.4) is 0 Å². The molecule has 0 spiro atoms. The number of halogens is 5. The van der Waals surface area contributed by atoms with E-state index in [2.05, 4.69) is 0 Å². The third kappa shape index (κ3) is 11.7. The highest BCUT2D eigenvalue weighted by Gasteiger charge is 2.40. The Morgan fingerprint density at radius 3 is 2.06 bits per heavy atom. The zero-order chi connectivity index (χ0) is 26.5. The molecule has 0 aliphatic heterocycles. The number of hydrogen-bond donors (Lipinski definition) is 0. The second-order valence-corrected chi connectivity index (χ2v) is 8.41. The molecule has 1 amide bonds. The van der Waals surface area contributed by atoms with Crippen LogP contribution < -0.4 is 0 Å². The molecular formula is C23H32ClF4NO3S. The smallest absolute Gasteiger partial charge is 0.311 e. The largest absolute Gasteiger partial charge is 0.431 e. The highest BCUT2D eigenvalue weighted by atomic mass is 35.5. The van der Waals surface area contributed by atoms with Gasteiger partial charge in [0.25, 0.3) is 0 Å². The van der Waals surface area contributed by atoms with Crippen molar-refractivity contribution in [2.75, 3.05) is 7.05 Å². The van der Waals surface area contributed by atoms with Crippen molar-refractivity contribution in [3.63, 3.8) is 0 Å². The van der Waals surface area contributed by atoms with Crippen molar-refractivity contribution in [2.24, 2.45) is 0 Å². The molecule has 0 bridgehead atoms. The molecule has 10 heteroatoms. The van der Waals surface area contributed by atoms with E-state index in [1.165, 1.54) is 17.8 Å². The van der Waals surface area contributed by atoms with Gasteiger partial charge in [0, 0.05) is 24.4 Å². The van der Waals surface area contributed by atoms with E-state index in [9.17, 15) is 31.9 Å². The molecule has 0 aromatic heterocycles. The first-order valence-electron chi connectivity index (χ1n) is 10.3. The van der Waals surface area contributed by atoms with E-state index < -0.39 is 29.1 Å². The summed E-state index contributed by atoms with van der Waals surface area (Å²) < 4.78 is 50.8. The molecular weight excluding hydrogens is 482 g/mol. The van der Waals surface area contributed by atoms with Gasteiger partial charge in [-0.1, -0.05) is 38.8 Å². The Hall–Kier alpha value is -1.87. The van der Waals surface area contributed by atoms with Gasteiger partial charge in [0.05, 0.1) is 10.3 Å². The van der Waals surface area contributed by atoms with E-state index in [0.29, 0.717) is 15.5 Å². The lowest BCUT2D eigenvalue weighted by Gasteiger charge is -2.23. The monoisotopic (exact) mass is 513 g/mol. The lowest BCUT2D eigenvalue weighted by Crippen LogP contribution is -2.34. The average molecular weight is 514 g/mol. The number of aryl methyl sites for hydroxylation is 1. The third-order valence-corrected chi connectivity index (χ3v) is 5.84. The van der Waals surface area contributed by atoms with Gasteiger partial charge in [0.1, 0.15) is 17.8 Å². The molecule has 0 heterocycles. The maximum absolute atomic E-state index is 13.2. The summed E-state index contributed by atoms with van der Waals surface area (Å²) in [6, 6.07) is 2.99. The Labute approximate surface area is 202 Å². The van der Waals surface area contributed by atoms with Crippen molar-refractivity contribution in [2.45, 2.75) is 77.6 Å². The number of thioether (sulfide) groups is 1. The maximum Gasteiger partial charge on any atom is 0.431 e. The van der Waals surface area contributed by atoms with Gasteiger partial charge in [-0.2, -0.15) is 13.2 Å². The molecule has 1 aromatic rings. The molecule has 0 fully saturated rings. The summed E-state index contributed by atoms with van der Waals surface area (Å²) in [5.41, 5.74) is -1.13. The van der Waals surface area contributed by atoms with Crippen molar-refractivity contribution in [3.05, 3.63) is 39.8 Å². The number of ketones is 1. The van der Waals surface area contributed by atoms with Crippen LogP contribution in [-0.2, 0) is 14.4 Å². The van der Waals surface area contributed by atoms with Gasteiger partial charge < -0.3 is 9.69 Å². The Morgan fingerprint density at radius 2 is 1.70 bits per heavy atom. The number of rotatable bonds is 7. The van der Waals surface area contributed by atoms with E-state index in [1.54, 1.807) is 13.0 Å². The Balaban J connectivity index is 0. The topological polar surface area (TPSA) is 54.5 Å². The van der Waals surface area contributed by atoms with Gasteiger partial charge in [0.2, 0.25) is 5.91 Å². The second kappa shape index (κ2) is 15.9. The Morgan fingerprint density at radius 1 is 1.18 bits per heavy atom. The maximum atomic E-state index is 13.2. The second-order valence-electron chi connectivity index (χ2n) is 6.72. The van der Waals surface area contributed by atoms with Gasteiger partial charge in [-0.3, -0.25) is 9.59 Å². The number of allylic oxidation sites excluding steroid dienone is 2. The van der Waals surface area contributed by atoms with Crippen LogP contribution >= 0.6 is 23.4 Å². The molecule has 0 aliphatic carbocycles. The minimum Gasteiger partial charge on any atom is -0.311 e. The highest BCUT2D eigenvalue weighted by Crippen LogP contribution is 2.33. The first-order valence-corrected chi connectivity index (χ1v) is 11.5. The van der Waals surface area contributed by atoms with Gasteiger partial charge in [-0.15, -0.1) is 11.8 Å². The predicted octanol–water partition coefficient (Wildman–Crippen LogP) is 7.16. The lowest BCUT2D eigenvalue weighted by molar-refractivity contribution is -0.139. The molecule has 0 radical (unpaired) electrons. The molecule has 0 saturated heterocycles. The Bertz CT molecular complexity index is 842. The number of alkyl halides is 3. The van der Waals surface area contributed by atoms with Crippen LogP contribution in [0.25, 0.3) is 0 Å². The zero-order valence-electron chi connectivity index (χ0n) is 20.2. The van der Waals surface area contributed by atoms with Crippen LogP contribution in [0.1, 0.15) is 59.9 Å². The fraction of sp³-hybridized carbons (Fsp3) is 0.522. The minimum absolute atomic E-state index is 0.104. The fourth-order valence-electron chi connectivity index (χ4n) is 2.30.